The number of hydrogen-bond donors (Lipinski definition) is 1. The average molecular weight is 221 g/mol. The van der Waals surface area contributed by atoms with Crippen molar-refractivity contribution in [3.63, 3.8) is 0 Å². The van der Waals surface area contributed by atoms with Gasteiger partial charge in [0.2, 0.25) is 0 Å². The second-order valence-corrected chi connectivity index (χ2v) is 4.51. The van der Waals surface area contributed by atoms with Crippen LogP contribution in [0.25, 0.3) is 6.08 Å². The molecule has 0 spiro atoms. The van der Waals surface area contributed by atoms with E-state index in [9.17, 15) is 0 Å². The summed E-state index contributed by atoms with van der Waals surface area (Å²) in [4.78, 5) is 0. The van der Waals surface area contributed by atoms with Gasteiger partial charge in [-0.3, -0.25) is 0 Å². The van der Waals surface area contributed by atoms with Crippen molar-refractivity contribution >= 4 is 6.08 Å². The van der Waals surface area contributed by atoms with Crippen molar-refractivity contribution in [3.05, 3.63) is 30.2 Å². The fourth-order valence-corrected chi connectivity index (χ4v) is 1.55. The van der Waals surface area contributed by atoms with E-state index >= 15 is 0 Å². The van der Waals surface area contributed by atoms with Crippen LogP contribution in [0.4, 0.5) is 0 Å². The fourth-order valence-electron chi connectivity index (χ4n) is 1.55. The van der Waals surface area contributed by atoms with E-state index in [0.29, 0.717) is 0 Å². The van der Waals surface area contributed by atoms with Crippen molar-refractivity contribution in [2.45, 2.75) is 33.1 Å². The lowest BCUT2D eigenvalue weighted by Gasteiger charge is -2.04. The quantitative estimate of drug-likeness (QED) is 0.677. The highest BCUT2D eigenvalue weighted by Gasteiger charge is 1.93. The maximum Gasteiger partial charge on any atom is 0.126 e. The third-order valence-electron chi connectivity index (χ3n) is 2.47. The van der Waals surface area contributed by atoms with Crippen LogP contribution in [0.15, 0.2) is 28.9 Å². The molecule has 0 atom stereocenters. The molecule has 16 heavy (non-hydrogen) atoms. The maximum atomic E-state index is 5.19. The van der Waals surface area contributed by atoms with Crippen LogP contribution in [0.1, 0.15) is 38.9 Å². The van der Waals surface area contributed by atoms with Crippen LogP contribution in [0.2, 0.25) is 0 Å². The predicted molar refractivity (Wildman–Crippen MR) is 69.3 cm³/mol. The SMILES string of the molecule is CC(C)CCCCNC/C=C/c1ccco1. The molecule has 1 rings (SSSR count). The molecule has 1 heterocycles. The van der Waals surface area contributed by atoms with Gasteiger partial charge in [0.25, 0.3) is 0 Å². The number of hydrogen-bond acceptors (Lipinski definition) is 2. The van der Waals surface area contributed by atoms with Crippen molar-refractivity contribution in [2.24, 2.45) is 5.92 Å². The van der Waals surface area contributed by atoms with Crippen molar-refractivity contribution in [2.75, 3.05) is 13.1 Å². The van der Waals surface area contributed by atoms with E-state index in [2.05, 4.69) is 25.2 Å². The Morgan fingerprint density at radius 3 is 2.94 bits per heavy atom. The maximum absolute atomic E-state index is 5.19. The van der Waals surface area contributed by atoms with Crippen LogP contribution in [0.3, 0.4) is 0 Å². The molecule has 0 aromatic carbocycles. The summed E-state index contributed by atoms with van der Waals surface area (Å²) in [6.07, 6.45) is 9.73. The van der Waals surface area contributed by atoms with Crippen LogP contribution in [0.5, 0.6) is 0 Å². The predicted octanol–water partition coefficient (Wildman–Crippen LogP) is 3.71. The first-order valence-electron chi connectivity index (χ1n) is 6.20. The van der Waals surface area contributed by atoms with Gasteiger partial charge in [-0.05, 0) is 37.1 Å². The zero-order chi connectivity index (χ0) is 11.6. The smallest absolute Gasteiger partial charge is 0.126 e. The van der Waals surface area contributed by atoms with Gasteiger partial charge < -0.3 is 9.73 Å². The topological polar surface area (TPSA) is 25.2 Å². The first kappa shape index (κ1) is 13.0. The molecule has 2 heteroatoms. The molecular formula is C14H23NO. The number of nitrogens with one attached hydrogen (secondary N) is 1. The fraction of sp³-hybridized carbons (Fsp3) is 0.571. The van der Waals surface area contributed by atoms with Crippen LogP contribution < -0.4 is 5.32 Å². The van der Waals surface area contributed by atoms with Crippen LogP contribution in [-0.4, -0.2) is 13.1 Å². The molecule has 0 aliphatic rings. The van der Waals surface area contributed by atoms with Crippen LogP contribution >= 0.6 is 0 Å². The van der Waals surface area contributed by atoms with Gasteiger partial charge in [0.05, 0.1) is 6.26 Å². The molecule has 1 N–H and O–H groups in total. The molecule has 2 nitrogen and oxygen atoms in total. The first-order chi connectivity index (χ1) is 7.79. The lowest BCUT2D eigenvalue weighted by Crippen LogP contribution is -2.14. The van der Waals surface area contributed by atoms with Gasteiger partial charge in [-0.2, -0.15) is 0 Å². The molecule has 1 aromatic heterocycles. The third kappa shape index (κ3) is 6.46. The lowest BCUT2D eigenvalue weighted by atomic mass is 10.1. The monoisotopic (exact) mass is 221 g/mol. The molecule has 0 amide bonds. The molecule has 0 aliphatic carbocycles. The van der Waals surface area contributed by atoms with Crippen molar-refractivity contribution in [1.82, 2.24) is 5.32 Å². The second kappa shape index (κ2) is 8.17. The molecule has 0 fully saturated rings. The summed E-state index contributed by atoms with van der Waals surface area (Å²) in [5.41, 5.74) is 0. The van der Waals surface area contributed by atoms with Crippen LogP contribution in [0, 0.1) is 5.92 Å². The van der Waals surface area contributed by atoms with Crippen molar-refractivity contribution in [3.8, 4) is 0 Å². The van der Waals surface area contributed by atoms with E-state index in [1.807, 2.05) is 18.2 Å². The summed E-state index contributed by atoms with van der Waals surface area (Å²) < 4.78 is 5.19. The van der Waals surface area contributed by atoms with Crippen LogP contribution in [-0.2, 0) is 0 Å². The van der Waals surface area contributed by atoms with E-state index in [1.165, 1.54) is 19.3 Å². The first-order valence-corrected chi connectivity index (χ1v) is 6.20. The second-order valence-electron chi connectivity index (χ2n) is 4.51. The lowest BCUT2D eigenvalue weighted by molar-refractivity contribution is 0.527. The summed E-state index contributed by atoms with van der Waals surface area (Å²) in [5, 5.41) is 3.39. The van der Waals surface area contributed by atoms with Gasteiger partial charge in [0.15, 0.2) is 0 Å². The molecule has 0 aliphatic heterocycles. The zero-order valence-corrected chi connectivity index (χ0v) is 10.4. The normalized spacial score (nSPS) is 11.7. The molecule has 0 unspecified atom stereocenters. The summed E-state index contributed by atoms with van der Waals surface area (Å²) >= 11 is 0. The average Bonchev–Trinajstić information content (AvgIpc) is 2.74. The molecular weight excluding hydrogens is 198 g/mol. The standard InChI is InChI=1S/C14H23NO/c1-13(2)7-3-4-10-15-11-5-8-14-9-6-12-16-14/h5-6,8-9,12-13,15H,3-4,7,10-11H2,1-2H3/b8-5+. The van der Waals surface area contributed by atoms with E-state index in [0.717, 1.165) is 24.8 Å². The molecule has 90 valence electrons. The van der Waals surface area contributed by atoms with Gasteiger partial charge in [-0.25, -0.2) is 0 Å². The summed E-state index contributed by atoms with van der Waals surface area (Å²) in [7, 11) is 0. The Labute approximate surface area is 98.7 Å². The highest BCUT2D eigenvalue weighted by molar-refractivity contribution is 5.42. The minimum Gasteiger partial charge on any atom is -0.465 e. The van der Waals surface area contributed by atoms with Crippen molar-refractivity contribution in [1.29, 1.82) is 0 Å². The Hall–Kier alpha value is -1.02. The van der Waals surface area contributed by atoms with E-state index in [1.54, 1.807) is 6.26 Å². The van der Waals surface area contributed by atoms with E-state index < -0.39 is 0 Å². The number of furan rings is 1. The largest absolute Gasteiger partial charge is 0.465 e. The van der Waals surface area contributed by atoms with Crippen molar-refractivity contribution < 1.29 is 4.42 Å². The Bertz CT molecular complexity index is 275. The summed E-state index contributed by atoms with van der Waals surface area (Å²) in [6, 6.07) is 3.86. The molecule has 0 saturated heterocycles. The van der Waals surface area contributed by atoms with Gasteiger partial charge in [0, 0.05) is 6.54 Å². The molecule has 0 radical (unpaired) electrons. The van der Waals surface area contributed by atoms with Gasteiger partial charge >= 0.3 is 0 Å². The highest BCUT2D eigenvalue weighted by Crippen LogP contribution is 2.05. The Morgan fingerprint density at radius 2 is 2.25 bits per heavy atom. The number of rotatable bonds is 8. The Kier molecular flexibility index (Phi) is 6.66. The Balaban J connectivity index is 1.92. The van der Waals surface area contributed by atoms with E-state index in [4.69, 9.17) is 4.42 Å². The minimum absolute atomic E-state index is 0.832. The third-order valence-corrected chi connectivity index (χ3v) is 2.47. The molecule has 0 bridgehead atoms. The zero-order valence-electron chi connectivity index (χ0n) is 10.4. The van der Waals surface area contributed by atoms with Gasteiger partial charge in [-0.15, -0.1) is 0 Å². The minimum atomic E-state index is 0.832. The summed E-state index contributed by atoms with van der Waals surface area (Å²) in [6.45, 7) is 6.58. The Morgan fingerprint density at radius 1 is 1.38 bits per heavy atom. The summed E-state index contributed by atoms with van der Waals surface area (Å²) in [5.74, 6) is 1.75. The van der Waals surface area contributed by atoms with Gasteiger partial charge in [-0.1, -0.05) is 32.8 Å². The molecule has 0 saturated carbocycles. The highest BCUT2D eigenvalue weighted by atomic mass is 16.3. The molecule has 1 aromatic rings. The van der Waals surface area contributed by atoms with E-state index in [-0.39, 0.29) is 0 Å². The number of unbranched alkanes of at least 4 members (excludes halogenated alkanes) is 1. The van der Waals surface area contributed by atoms with Gasteiger partial charge in [0.1, 0.15) is 5.76 Å².